The molecule has 0 aromatic carbocycles. The first-order chi connectivity index (χ1) is 12.2. The van der Waals surface area contributed by atoms with Gasteiger partial charge in [-0.1, -0.05) is 0 Å². The van der Waals surface area contributed by atoms with Gasteiger partial charge in [0.2, 0.25) is 0 Å². The van der Waals surface area contributed by atoms with Crippen LogP contribution in [0.2, 0.25) is 0 Å². The summed E-state index contributed by atoms with van der Waals surface area (Å²) < 4.78 is 11.2. The summed E-state index contributed by atoms with van der Waals surface area (Å²) in [6.45, 7) is 0.409. The first kappa shape index (κ1) is 16.7. The molecule has 9 heteroatoms. The topological polar surface area (TPSA) is 132 Å². The molecule has 2 aliphatic rings. The molecule has 0 bridgehead atoms. The van der Waals surface area contributed by atoms with Gasteiger partial charge in [0.05, 0.1) is 25.5 Å². The molecular formula is C16H21N3O6. The minimum atomic E-state index is -1.19. The van der Waals surface area contributed by atoms with E-state index in [1.165, 1.54) is 12.6 Å². The van der Waals surface area contributed by atoms with Crippen LogP contribution in [0.15, 0.2) is 17.0 Å². The number of rotatable bonds is 4. The summed E-state index contributed by atoms with van der Waals surface area (Å²) in [4.78, 5) is 10.6. The second-order valence-electron chi connectivity index (χ2n) is 6.50. The third kappa shape index (κ3) is 2.59. The first-order valence-corrected chi connectivity index (χ1v) is 8.37. The van der Waals surface area contributed by atoms with Crippen molar-refractivity contribution < 1.29 is 29.6 Å². The summed E-state index contributed by atoms with van der Waals surface area (Å²) in [7, 11) is 0. The highest BCUT2D eigenvalue weighted by molar-refractivity contribution is 5.87. The lowest BCUT2D eigenvalue weighted by Crippen LogP contribution is -2.33. The van der Waals surface area contributed by atoms with Crippen LogP contribution < -0.4 is 4.90 Å². The Bertz CT molecular complexity index is 753. The molecule has 0 radical (unpaired) electrons. The molecule has 0 spiro atoms. The first-order valence-electron chi connectivity index (χ1n) is 8.37. The second kappa shape index (κ2) is 6.50. The molecule has 25 heavy (non-hydrogen) atoms. The lowest BCUT2D eigenvalue weighted by Gasteiger charge is -2.23. The summed E-state index contributed by atoms with van der Waals surface area (Å²) in [6.07, 6.45) is 0.612. The van der Waals surface area contributed by atoms with Crippen LogP contribution in [-0.4, -0.2) is 74.5 Å². The Morgan fingerprint density at radius 1 is 1.16 bits per heavy atom. The summed E-state index contributed by atoms with van der Waals surface area (Å²) in [5, 5.41) is 39.0. The Labute approximate surface area is 143 Å². The van der Waals surface area contributed by atoms with Crippen LogP contribution >= 0.6 is 0 Å². The average molecular weight is 351 g/mol. The lowest BCUT2D eigenvalue weighted by molar-refractivity contribution is -0.0226. The normalized spacial score (nSPS) is 32.8. The summed E-state index contributed by atoms with van der Waals surface area (Å²) in [5.41, 5.74) is 1.44. The van der Waals surface area contributed by atoms with Gasteiger partial charge in [-0.15, -0.1) is 0 Å². The third-order valence-corrected chi connectivity index (χ3v) is 5.07. The van der Waals surface area contributed by atoms with Crippen LogP contribution in [0.25, 0.3) is 11.1 Å². The quantitative estimate of drug-likeness (QED) is 0.566. The molecule has 2 aromatic heterocycles. The number of aliphatic hydroxyl groups excluding tert-OH is 4. The Morgan fingerprint density at radius 2 is 2.00 bits per heavy atom. The van der Waals surface area contributed by atoms with Gasteiger partial charge >= 0.3 is 0 Å². The number of aromatic nitrogens is 2. The molecule has 0 amide bonds. The van der Waals surface area contributed by atoms with Gasteiger partial charge in [0.25, 0.3) is 0 Å². The van der Waals surface area contributed by atoms with Crippen molar-refractivity contribution in [3.8, 4) is 0 Å². The van der Waals surface area contributed by atoms with E-state index in [1.54, 1.807) is 0 Å². The van der Waals surface area contributed by atoms with Gasteiger partial charge in [-0.2, -0.15) is 0 Å². The van der Waals surface area contributed by atoms with E-state index in [-0.39, 0.29) is 12.6 Å². The van der Waals surface area contributed by atoms with Crippen molar-refractivity contribution in [3.63, 3.8) is 0 Å². The Balaban J connectivity index is 1.72. The third-order valence-electron chi connectivity index (χ3n) is 5.07. The van der Waals surface area contributed by atoms with Crippen molar-refractivity contribution in [1.82, 2.24) is 9.97 Å². The molecule has 5 atom stereocenters. The maximum Gasteiger partial charge on any atom is 0.195 e. The molecule has 4 rings (SSSR count). The number of furan rings is 1. The predicted molar refractivity (Wildman–Crippen MR) is 86.0 cm³/mol. The van der Waals surface area contributed by atoms with Crippen molar-refractivity contribution in [2.75, 3.05) is 24.7 Å². The van der Waals surface area contributed by atoms with Crippen LogP contribution in [-0.2, 0) is 4.74 Å². The number of anilines is 1. The van der Waals surface area contributed by atoms with Gasteiger partial charge in [0.1, 0.15) is 36.3 Å². The van der Waals surface area contributed by atoms with Crippen LogP contribution in [0.3, 0.4) is 0 Å². The molecule has 0 unspecified atom stereocenters. The zero-order valence-corrected chi connectivity index (χ0v) is 13.5. The second-order valence-corrected chi connectivity index (χ2v) is 6.50. The minimum absolute atomic E-state index is 0.0134. The Kier molecular flexibility index (Phi) is 4.34. The average Bonchev–Trinajstić information content (AvgIpc) is 3.33. The Hall–Kier alpha value is -1.78. The van der Waals surface area contributed by atoms with E-state index >= 15 is 0 Å². The van der Waals surface area contributed by atoms with E-state index in [9.17, 15) is 20.4 Å². The SMILES string of the molecule is OC[C@@H]1CCCN1c1ncnc2c([C@@H]3O[C@H](CO)[C@@H](O)[C@H]3O)coc12. The van der Waals surface area contributed by atoms with E-state index in [0.29, 0.717) is 22.5 Å². The van der Waals surface area contributed by atoms with E-state index in [2.05, 4.69) is 9.97 Å². The van der Waals surface area contributed by atoms with Crippen molar-refractivity contribution in [3.05, 3.63) is 18.2 Å². The molecule has 4 N–H and O–H groups in total. The van der Waals surface area contributed by atoms with E-state index in [1.807, 2.05) is 4.90 Å². The molecule has 0 aliphatic carbocycles. The van der Waals surface area contributed by atoms with Gasteiger partial charge in [-0.25, -0.2) is 9.97 Å². The molecule has 2 aromatic rings. The van der Waals surface area contributed by atoms with Gasteiger partial charge in [0, 0.05) is 12.1 Å². The zero-order valence-electron chi connectivity index (χ0n) is 13.5. The minimum Gasteiger partial charge on any atom is -0.458 e. The maximum absolute atomic E-state index is 10.2. The summed E-state index contributed by atoms with van der Waals surface area (Å²) in [5.74, 6) is 0.597. The number of nitrogens with zero attached hydrogens (tertiary/aromatic N) is 3. The molecular weight excluding hydrogens is 330 g/mol. The molecule has 2 fully saturated rings. The standard InChI is InChI=1S/C16H21N3O6/c20-4-8-2-1-3-19(8)16-15-11(17-7-18-16)9(6-24-15)14-13(23)12(22)10(5-21)25-14/h6-8,10,12-14,20-23H,1-5H2/t8-,10+,12+,13+,14-/m0/s1. The van der Waals surface area contributed by atoms with Crippen LogP contribution in [0.4, 0.5) is 5.82 Å². The fraction of sp³-hybridized carbons (Fsp3) is 0.625. The fourth-order valence-electron chi connectivity index (χ4n) is 3.72. The smallest absolute Gasteiger partial charge is 0.195 e. The molecule has 2 saturated heterocycles. The van der Waals surface area contributed by atoms with Gasteiger partial charge in [-0.3, -0.25) is 0 Å². The summed E-state index contributed by atoms with van der Waals surface area (Å²) in [6, 6.07) is -0.0134. The van der Waals surface area contributed by atoms with Crippen molar-refractivity contribution >= 4 is 16.9 Å². The van der Waals surface area contributed by atoms with Crippen LogP contribution in [0.5, 0.6) is 0 Å². The highest BCUT2D eigenvalue weighted by Crippen LogP contribution is 2.39. The van der Waals surface area contributed by atoms with Crippen molar-refractivity contribution in [1.29, 1.82) is 0 Å². The zero-order chi connectivity index (χ0) is 17.6. The fourth-order valence-corrected chi connectivity index (χ4v) is 3.72. The largest absolute Gasteiger partial charge is 0.458 e. The number of aliphatic hydroxyl groups is 4. The molecule has 136 valence electrons. The van der Waals surface area contributed by atoms with E-state index < -0.39 is 31.0 Å². The maximum atomic E-state index is 10.2. The van der Waals surface area contributed by atoms with Crippen molar-refractivity contribution in [2.24, 2.45) is 0 Å². The number of ether oxygens (including phenoxy) is 1. The van der Waals surface area contributed by atoms with Crippen LogP contribution in [0, 0.1) is 0 Å². The van der Waals surface area contributed by atoms with Gasteiger partial charge in [-0.05, 0) is 12.8 Å². The van der Waals surface area contributed by atoms with Gasteiger partial charge < -0.3 is 34.5 Å². The van der Waals surface area contributed by atoms with Crippen molar-refractivity contribution in [2.45, 2.75) is 43.3 Å². The number of hydrogen-bond donors (Lipinski definition) is 4. The molecule has 9 nitrogen and oxygen atoms in total. The molecule has 4 heterocycles. The monoisotopic (exact) mass is 351 g/mol. The van der Waals surface area contributed by atoms with Crippen LogP contribution in [0.1, 0.15) is 24.5 Å². The highest BCUT2D eigenvalue weighted by Gasteiger charge is 2.44. The predicted octanol–water partition coefficient (Wildman–Crippen LogP) is -0.662. The van der Waals surface area contributed by atoms with E-state index in [4.69, 9.17) is 9.15 Å². The van der Waals surface area contributed by atoms with Gasteiger partial charge in [0.15, 0.2) is 11.4 Å². The number of fused-ring (bicyclic) bond motifs is 1. The Morgan fingerprint density at radius 3 is 2.72 bits per heavy atom. The lowest BCUT2D eigenvalue weighted by atomic mass is 10.0. The molecule has 0 saturated carbocycles. The highest BCUT2D eigenvalue weighted by atomic mass is 16.6. The van der Waals surface area contributed by atoms with E-state index in [0.717, 1.165) is 19.4 Å². The summed E-state index contributed by atoms with van der Waals surface area (Å²) >= 11 is 0. The molecule has 2 aliphatic heterocycles. The number of hydrogen-bond acceptors (Lipinski definition) is 9.